The number of likely N-dealkylation sites (tertiary alicyclic amines) is 1. The van der Waals surface area contributed by atoms with E-state index in [2.05, 4.69) is 383 Å². The van der Waals surface area contributed by atoms with Crippen LogP contribution in [0.5, 0.6) is 0 Å². The van der Waals surface area contributed by atoms with Crippen molar-refractivity contribution in [1.29, 1.82) is 0 Å². The van der Waals surface area contributed by atoms with Gasteiger partial charge >= 0.3 is 0 Å². The molecule has 0 bridgehead atoms. The highest BCUT2D eigenvalue weighted by Gasteiger charge is 2.39. The number of hydrogen-bond acceptors (Lipinski definition) is 7. The number of para-hydroxylation sites is 2. The Morgan fingerprint density at radius 2 is 0.891 bits per heavy atom. The average molecular weight is 1770 g/mol. The molecule has 0 saturated carbocycles. The molecular formula is C118H176N8O2S. The van der Waals surface area contributed by atoms with Crippen LogP contribution in [0.4, 0.5) is 0 Å². The van der Waals surface area contributed by atoms with Crippen molar-refractivity contribution in [3.63, 3.8) is 0 Å². The number of hydrogen-bond donors (Lipinski definition) is 0. The molecule has 13 aromatic rings. The lowest BCUT2D eigenvalue weighted by atomic mass is 9.77. The number of carbonyl (C=O) groups excluding carboxylic acids is 1. The number of allylic oxidation sites excluding steroid dienone is 10. The van der Waals surface area contributed by atoms with E-state index in [-0.39, 0.29) is 5.92 Å². The van der Waals surface area contributed by atoms with Gasteiger partial charge in [0.15, 0.2) is 5.58 Å². The van der Waals surface area contributed by atoms with E-state index in [1.165, 1.54) is 93.0 Å². The average Bonchev–Trinajstić information content (AvgIpc) is 1.62. The van der Waals surface area contributed by atoms with Crippen molar-refractivity contribution in [3.8, 4) is 0 Å². The summed E-state index contributed by atoms with van der Waals surface area (Å²) in [6, 6.07) is 67.3. The number of fused-ring (bicyclic) bond motifs is 8. The molecule has 17 rings (SSSR count). The maximum absolute atomic E-state index is 11.8. The highest BCUT2D eigenvalue weighted by molar-refractivity contribution is 7.13. The van der Waals surface area contributed by atoms with Gasteiger partial charge < -0.3 is 14.0 Å². The third-order valence-corrected chi connectivity index (χ3v) is 20.8. The van der Waals surface area contributed by atoms with Gasteiger partial charge in [-0.05, 0) is 137 Å². The van der Waals surface area contributed by atoms with E-state index >= 15 is 0 Å². The van der Waals surface area contributed by atoms with Crippen LogP contribution in [0.1, 0.15) is 324 Å². The van der Waals surface area contributed by atoms with Crippen LogP contribution in [-0.4, -0.2) is 57.1 Å². The minimum absolute atomic E-state index is 0.118. The first-order valence-corrected chi connectivity index (χ1v) is 49.6. The molecule has 8 aromatic carbocycles. The van der Waals surface area contributed by atoms with Gasteiger partial charge in [0.2, 0.25) is 5.91 Å². The van der Waals surface area contributed by atoms with Gasteiger partial charge in [0.25, 0.3) is 0 Å². The summed E-state index contributed by atoms with van der Waals surface area (Å²) in [5, 5.41) is 23.3. The lowest BCUT2D eigenvalue weighted by Crippen LogP contribution is -2.33. The molecule has 1 fully saturated rings. The molecule has 10 nitrogen and oxygen atoms in total. The predicted octanol–water partition coefficient (Wildman–Crippen LogP) is 36.1. The van der Waals surface area contributed by atoms with Gasteiger partial charge in [-0.1, -0.05) is 476 Å². The zero-order valence-electron chi connectivity index (χ0n) is 88.2. The summed E-state index contributed by atoms with van der Waals surface area (Å²) in [6.45, 7) is 78.8. The fraction of sp³-hybridized carbons (Fsp3) is 0.449. The van der Waals surface area contributed by atoms with Gasteiger partial charge in [0.1, 0.15) is 0 Å². The molecule has 1 aliphatic heterocycles. The molecule has 0 N–H and O–H groups in total. The first-order valence-electron chi connectivity index (χ1n) is 48.8. The maximum atomic E-state index is 11.8. The summed E-state index contributed by atoms with van der Waals surface area (Å²) >= 11 is 1.59. The molecule has 6 heterocycles. The van der Waals surface area contributed by atoms with Crippen molar-refractivity contribution in [1.82, 2.24) is 38.6 Å². The molecule has 1 saturated heterocycles. The van der Waals surface area contributed by atoms with Crippen LogP contribution < -0.4 is 0 Å². The largest absolute Gasteiger partial charge is 0.356 e. The van der Waals surface area contributed by atoms with Crippen LogP contribution in [0.2, 0.25) is 0 Å². The number of benzene rings is 8. The van der Waals surface area contributed by atoms with Crippen molar-refractivity contribution in [2.24, 2.45) is 50.2 Å². The van der Waals surface area contributed by atoms with Crippen molar-refractivity contribution >= 4 is 81.8 Å². The first kappa shape index (κ1) is 119. The fourth-order valence-corrected chi connectivity index (χ4v) is 15.3. The molecule has 1 amide bonds. The fourth-order valence-electron chi connectivity index (χ4n) is 14.4. The van der Waals surface area contributed by atoms with E-state index in [1.54, 1.807) is 11.5 Å². The molecule has 3 atom stereocenters. The Hall–Kier alpha value is -10.2. The second-order valence-electron chi connectivity index (χ2n) is 33.6. The number of rotatable bonds is 7. The Bertz CT molecular complexity index is 5110. The van der Waals surface area contributed by atoms with Crippen molar-refractivity contribution < 1.29 is 9.32 Å². The molecule has 706 valence electrons. The van der Waals surface area contributed by atoms with Crippen LogP contribution in [0, 0.1) is 36.0 Å². The summed E-state index contributed by atoms with van der Waals surface area (Å²) in [4.78, 5) is 13.8. The third-order valence-electron chi connectivity index (χ3n) is 20.0. The van der Waals surface area contributed by atoms with E-state index in [0.717, 1.165) is 34.6 Å². The van der Waals surface area contributed by atoms with E-state index in [1.807, 2.05) is 194 Å². The van der Waals surface area contributed by atoms with Crippen LogP contribution >= 0.6 is 11.5 Å². The molecule has 3 aliphatic carbocycles. The molecule has 4 aliphatic rings. The molecular weight excluding hydrogens is 1590 g/mol. The Morgan fingerprint density at radius 3 is 1.39 bits per heavy atom. The molecule has 11 heteroatoms. The van der Waals surface area contributed by atoms with Crippen molar-refractivity contribution in [2.45, 2.75) is 298 Å². The molecule has 0 spiro atoms. The van der Waals surface area contributed by atoms with Crippen LogP contribution in [0.25, 0.3) is 64.4 Å². The highest BCUT2D eigenvalue weighted by Crippen LogP contribution is 2.42. The number of aromatic nitrogens is 7. The van der Waals surface area contributed by atoms with Crippen LogP contribution in [0.15, 0.2) is 277 Å². The standard InChI is InChI=1S/C13H16.C12H15N.2C11H14N2.C11H15NO.C10H11NO.C10H11NS.C10H8.C10H14.C4H10.8C2H6/c1-13(2,3)12-9-8-10-6-4-5-7-11(10)12;1-9(2)12-11-7-5-4-6-10(11)8-13(12)3;1-8(2)11-9-6-4-5-7-10(9)13(3)12-11;1-8(2)11-9-6-4-5-7-10(9)12-13(11)3;1-8(2)12-7-9-5-3-4-6-10(9)11(12)13;2*1-7(2)10-8-5-3-4-6-9(8)12-11-10;1-2-6-10-8-4-3-7-9(10)5-1;1-8(2)10-6-4-5-9(3)7-10;1-4(2)3;8*1-2/h4-9,11H,1-3H3;4-9H,1-3H3;2*4-8H,1-3H3;3-6,8-10H,7H2,1-2H3;2*3-7H,1-2H3;1-8H;4-8H,1-3H3;4H,1-3H3;8*1-2H3. The second kappa shape index (κ2) is 65.3. The van der Waals surface area contributed by atoms with Gasteiger partial charge in [0.05, 0.1) is 38.7 Å². The molecule has 5 aromatic heterocycles. The van der Waals surface area contributed by atoms with Gasteiger partial charge in [-0.3, -0.25) is 14.2 Å². The Morgan fingerprint density at radius 1 is 0.426 bits per heavy atom. The number of carbonyl (C=O) groups is 1. The number of aryl methyl sites for hydroxylation is 4. The molecule has 3 unspecified atom stereocenters. The summed E-state index contributed by atoms with van der Waals surface area (Å²) < 4.78 is 17.1. The zero-order valence-corrected chi connectivity index (χ0v) is 89.0. The Labute approximate surface area is 790 Å². The SMILES string of the molecule is CC.CC.CC.CC.CC.CC.CC.CC.CC(C)(C)C1=CC=C2C=CC=CC21.CC(C)C.CC(C)N1CC2C=CC=CC2C1=O.CC(C)c1c2ccccc2cn1C.CC(C)c1c2ccccc2nn1C.CC(C)c1nn(C)c2ccccc12.CC(C)c1noc2ccccc12.CC(C)c1nsc2ccccc12.Cc1cccc(C(C)C)c1.c1ccc2ccccc2c1. The number of amides is 1. The lowest BCUT2D eigenvalue weighted by Gasteiger charge is -2.27. The topological polar surface area (TPSA) is 99.8 Å². The second-order valence-corrected chi connectivity index (χ2v) is 34.4. The van der Waals surface area contributed by atoms with Crippen molar-refractivity contribution in [2.75, 3.05) is 6.54 Å². The zero-order chi connectivity index (χ0) is 98.2. The molecule has 0 radical (unpaired) electrons. The minimum Gasteiger partial charge on any atom is -0.356 e. The summed E-state index contributed by atoms with van der Waals surface area (Å²) in [5.74, 6) is 5.42. The van der Waals surface area contributed by atoms with Crippen molar-refractivity contribution in [3.05, 3.63) is 312 Å². The highest BCUT2D eigenvalue weighted by atomic mass is 32.1. The Balaban J connectivity index is 0.00000139. The minimum atomic E-state index is 0.118. The molecule has 129 heavy (non-hydrogen) atoms. The Kier molecular flexibility index (Phi) is 60.2. The van der Waals surface area contributed by atoms with Gasteiger partial charge in [-0.2, -0.15) is 14.6 Å². The number of nitrogens with zero attached hydrogens (tertiary/aromatic N) is 8. The van der Waals surface area contributed by atoms with Crippen LogP contribution in [0.3, 0.4) is 0 Å². The van der Waals surface area contributed by atoms with Gasteiger partial charge in [0, 0.05) is 90.1 Å². The smallest absolute Gasteiger partial charge is 0.230 e. The van der Waals surface area contributed by atoms with Crippen LogP contribution in [-0.2, 0) is 25.9 Å². The van der Waals surface area contributed by atoms with E-state index in [0.29, 0.717) is 64.7 Å². The van der Waals surface area contributed by atoms with E-state index in [4.69, 9.17) is 4.52 Å². The van der Waals surface area contributed by atoms with E-state index in [9.17, 15) is 4.79 Å². The summed E-state index contributed by atoms with van der Waals surface area (Å²) in [5.41, 5.74) is 15.4. The lowest BCUT2D eigenvalue weighted by molar-refractivity contribution is -0.131. The summed E-state index contributed by atoms with van der Waals surface area (Å²) in [7, 11) is 6.12. The normalized spacial score (nSPS) is 13.5. The van der Waals surface area contributed by atoms with Gasteiger partial charge in [-0.15, -0.1) is 0 Å². The predicted molar refractivity (Wildman–Crippen MR) is 578 cm³/mol. The van der Waals surface area contributed by atoms with Gasteiger partial charge in [-0.25, -0.2) is 0 Å². The summed E-state index contributed by atoms with van der Waals surface area (Å²) in [6.07, 6.45) is 23.7. The first-order chi connectivity index (χ1) is 61.9. The quantitative estimate of drug-likeness (QED) is 0.158. The monoisotopic (exact) mass is 1770 g/mol. The maximum Gasteiger partial charge on any atom is 0.230 e. The third kappa shape index (κ3) is 38.0. The van der Waals surface area contributed by atoms with E-state index < -0.39 is 0 Å².